The lowest BCUT2D eigenvalue weighted by atomic mass is 10.0. The third-order valence-corrected chi connectivity index (χ3v) is 11.2. The lowest BCUT2D eigenvalue weighted by molar-refractivity contribution is -0.139. The van der Waals surface area contributed by atoms with E-state index in [1.807, 2.05) is 36.4 Å². The molecular formula is C59H66O12. The summed E-state index contributed by atoms with van der Waals surface area (Å²) in [5.41, 5.74) is 5.07. The maximum atomic E-state index is 12.8. The minimum atomic E-state index is -0.477. The van der Waals surface area contributed by atoms with Crippen LogP contribution in [-0.2, 0) is 30.2 Å². The van der Waals surface area contributed by atoms with Gasteiger partial charge in [0.1, 0.15) is 23.0 Å². The SMILES string of the molecule is C=C(C)C(=O)OCCCCCCOc1ccc(C(=O)Oc2ccc(CCCCCCOC(=O)c3ccc(-c4ccc(OC(=O)c5ccc(OCCCCCCOC(=O)C(=C)C)cc5)cc4)cc3)cc2)cc1. The number of hydrogen-bond acceptors (Lipinski definition) is 12. The summed E-state index contributed by atoms with van der Waals surface area (Å²) in [7, 11) is 0. The second-order valence-electron chi connectivity index (χ2n) is 17.2. The van der Waals surface area contributed by atoms with Crippen LogP contribution >= 0.6 is 0 Å². The fourth-order valence-corrected chi connectivity index (χ4v) is 7.05. The van der Waals surface area contributed by atoms with Gasteiger partial charge in [-0.1, -0.05) is 62.4 Å². The lowest BCUT2D eigenvalue weighted by Gasteiger charge is -2.09. The Bertz CT molecular complexity index is 2470. The number of esters is 5. The highest BCUT2D eigenvalue weighted by Crippen LogP contribution is 2.25. The zero-order chi connectivity index (χ0) is 50.6. The molecule has 0 saturated heterocycles. The van der Waals surface area contributed by atoms with Gasteiger partial charge in [-0.05, 0) is 186 Å². The highest BCUT2D eigenvalue weighted by Gasteiger charge is 2.13. The third kappa shape index (κ3) is 20.2. The molecule has 0 aliphatic rings. The lowest BCUT2D eigenvalue weighted by Crippen LogP contribution is -2.08. The van der Waals surface area contributed by atoms with Crippen molar-refractivity contribution in [1.82, 2.24) is 0 Å². The number of benzene rings is 5. The fourth-order valence-electron chi connectivity index (χ4n) is 7.05. The highest BCUT2D eigenvalue weighted by molar-refractivity contribution is 5.92. The van der Waals surface area contributed by atoms with Crippen LogP contribution in [-0.4, -0.2) is 62.9 Å². The van der Waals surface area contributed by atoms with E-state index >= 15 is 0 Å². The normalized spacial score (nSPS) is 10.7. The highest BCUT2D eigenvalue weighted by atomic mass is 16.5. The Balaban J connectivity index is 0.891. The van der Waals surface area contributed by atoms with E-state index < -0.39 is 11.9 Å². The molecule has 5 rings (SSSR count). The van der Waals surface area contributed by atoms with E-state index in [1.54, 1.807) is 98.8 Å². The number of ether oxygens (including phenoxy) is 7. The Morgan fingerprint density at radius 2 is 0.676 bits per heavy atom. The molecule has 71 heavy (non-hydrogen) atoms. The first-order valence-electron chi connectivity index (χ1n) is 24.5. The second kappa shape index (κ2) is 30.2. The van der Waals surface area contributed by atoms with Crippen molar-refractivity contribution in [2.24, 2.45) is 0 Å². The summed E-state index contributed by atoms with van der Waals surface area (Å²) < 4.78 is 38.5. The van der Waals surface area contributed by atoms with Gasteiger partial charge in [0.2, 0.25) is 0 Å². The molecule has 0 amide bonds. The number of rotatable bonds is 31. The summed E-state index contributed by atoms with van der Waals surface area (Å²) in [6.07, 6.45) is 11.6. The maximum absolute atomic E-state index is 12.8. The van der Waals surface area contributed by atoms with Gasteiger partial charge in [-0.15, -0.1) is 0 Å². The van der Waals surface area contributed by atoms with Crippen LogP contribution in [0, 0.1) is 0 Å². The van der Waals surface area contributed by atoms with Crippen LogP contribution in [0.2, 0.25) is 0 Å². The molecule has 0 saturated carbocycles. The Kier molecular flexibility index (Phi) is 23.2. The molecule has 0 fully saturated rings. The van der Waals surface area contributed by atoms with E-state index in [0.717, 1.165) is 100 Å². The number of aryl methyl sites for hydroxylation is 1. The van der Waals surface area contributed by atoms with Crippen molar-refractivity contribution >= 4 is 29.8 Å². The molecule has 0 heterocycles. The maximum Gasteiger partial charge on any atom is 0.343 e. The molecule has 0 radical (unpaired) electrons. The van der Waals surface area contributed by atoms with Crippen molar-refractivity contribution in [3.8, 4) is 34.1 Å². The second-order valence-corrected chi connectivity index (χ2v) is 17.2. The van der Waals surface area contributed by atoms with Crippen molar-refractivity contribution in [3.63, 3.8) is 0 Å². The van der Waals surface area contributed by atoms with Crippen LogP contribution < -0.4 is 18.9 Å². The zero-order valence-corrected chi connectivity index (χ0v) is 41.1. The number of carbonyl (C=O) groups excluding carboxylic acids is 5. The van der Waals surface area contributed by atoms with Crippen molar-refractivity contribution in [1.29, 1.82) is 0 Å². The van der Waals surface area contributed by atoms with Gasteiger partial charge in [0.05, 0.1) is 49.7 Å². The summed E-state index contributed by atoms with van der Waals surface area (Å²) >= 11 is 0. The zero-order valence-electron chi connectivity index (χ0n) is 41.1. The molecule has 0 unspecified atom stereocenters. The molecule has 0 N–H and O–H groups in total. The molecular weight excluding hydrogens is 901 g/mol. The van der Waals surface area contributed by atoms with Crippen molar-refractivity contribution in [3.05, 3.63) is 168 Å². The summed E-state index contributed by atoms with van der Waals surface area (Å²) in [4.78, 5) is 61.1. The minimum absolute atomic E-state index is 0.341. The molecule has 12 nitrogen and oxygen atoms in total. The average molecular weight is 967 g/mol. The Morgan fingerprint density at radius 3 is 1.10 bits per heavy atom. The summed E-state index contributed by atoms with van der Waals surface area (Å²) in [6.45, 7) is 12.6. The summed E-state index contributed by atoms with van der Waals surface area (Å²) in [5, 5.41) is 0. The minimum Gasteiger partial charge on any atom is -0.494 e. The first kappa shape index (κ1) is 54.5. The van der Waals surface area contributed by atoms with Gasteiger partial charge in [0.15, 0.2) is 0 Å². The number of unbranched alkanes of at least 4 members (excludes halogenated alkanes) is 9. The molecule has 0 spiro atoms. The molecule has 0 atom stereocenters. The van der Waals surface area contributed by atoms with Crippen LogP contribution in [0.25, 0.3) is 11.1 Å². The van der Waals surface area contributed by atoms with Gasteiger partial charge < -0.3 is 33.2 Å². The van der Waals surface area contributed by atoms with Gasteiger partial charge >= 0.3 is 29.8 Å². The Hall–Kier alpha value is -7.47. The smallest absolute Gasteiger partial charge is 0.343 e. The predicted molar refractivity (Wildman–Crippen MR) is 273 cm³/mol. The quantitative estimate of drug-likeness (QED) is 0.0137. The van der Waals surface area contributed by atoms with Crippen LogP contribution in [0.1, 0.15) is 128 Å². The van der Waals surface area contributed by atoms with Gasteiger partial charge in [-0.2, -0.15) is 0 Å². The number of hydrogen-bond donors (Lipinski definition) is 0. The van der Waals surface area contributed by atoms with Gasteiger partial charge in [0, 0.05) is 11.1 Å². The molecule has 5 aromatic rings. The van der Waals surface area contributed by atoms with Gasteiger partial charge in [-0.3, -0.25) is 0 Å². The van der Waals surface area contributed by atoms with Gasteiger partial charge in [0.25, 0.3) is 0 Å². The molecule has 5 aromatic carbocycles. The molecule has 0 aliphatic carbocycles. The van der Waals surface area contributed by atoms with Crippen LogP contribution in [0.15, 0.2) is 146 Å². The average Bonchev–Trinajstić information content (AvgIpc) is 3.38. The van der Waals surface area contributed by atoms with Crippen LogP contribution in [0.5, 0.6) is 23.0 Å². The largest absolute Gasteiger partial charge is 0.494 e. The first-order chi connectivity index (χ1) is 34.4. The monoisotopic (exact) mass is 966 g/mol. The fraction of sp³-hybridized carbons (Fsp3) is 0.339. The standard InChI is InChI=1S/C59H66O12/c1-43(2)55(60)67-40-15-9-7-12-38-65-51-32-26-49(27-33-51)58(63)70-53-30-18-45(19-31-53)17-11-5-6-14-42-69-57(62)48-22-20-46(21-23-48)47-24-36-54(37-25-47)71-59(64)50-28-34-52(35-29-50)66-39-13-8-10-16-41-68-56(61)44(3)4/h18-37H,1,3,5-17,38-42H2,2,4H3. The van der Waals surface area contributed by atoms with Gasteiger partial charge in [-0.25, -0.2) is 24.0 Å². The molecule has 0 bridgehead atoms. The van der Waals surface area contributed by atoms with E-state index in [4.69, 9.17) is 33.2 Å². The van der Waals surface area contributed by atoms with Crippen LogP contribution in [0.4, 0.5) is 0 Å². The molecule has 374 valence electrons. The number of carbonyl (C=O) groups is 5. The topological polar surface area (TPSA) is 150 Å². The summed E-state index contributed by atoms with van der Waals surface area (Å²) in [5.74, 6) is 0.238. The molecule has 0 aromatic heterocycles. The van der Waals surface area contributed by atoms with E-state index in [-0.39, 0.29) is 17.9 Å². The Labute approximate surface area is 417 Å². The molecule has 12 heteroatoms. The third-order valence-electron chi connectivity index (χ3n) is 11.2. The van der Waals surface area contributed by atoms with E-state index in [9.17, 15) is 24.0 Å². The van der Waals surface area contributed by atoms with Crippen molar-refractivity contribution < 1.29 is 57.1 Å². The van der Waals surface area contributed by atoms with E-state index in [0.29, 0.717) is 83.9 Å². The first-order valence-corrected chi connectivity index (χ1v) is 24.5. The molecule has 0 aliphatic heterocycles. The van der Waals surface area contributed by atoms with Crippen molar-refractivity contribution in [2.45, 2.75) is 97.3 Å². The van der Waals surface area contributed by atoms with Crippen molar-refractivity contribution in [2.75, 3.05) is 33.0 Å². The predicted octanol–water partition coefficient (Wildman–Crippen LogP) is 12.9. The Morgan fingerprint density at radius 1 is 0.352 bits per heavy atom. The van der Waals surface area contributed by atoms with E-state index in [2.05, 4.69) is 13.2 Å². The summed E-state index contributed by atoms with van der Waals surface area (Å²) in [6, 6.07) is 35.7. The van der Waals surface area contributed by atoms with Crippen LogP contribution in [0.3, 0.4) is 0 Å². The van der Waals surface area contributed by atoms with E-state index in [1.165, 1.54) is 0 Å².